The number of fused-ring (bicyclic) bond motifs is 3. The molecule has 4 heterocycles. The maximum Gasteiger partial charge on any atom is 0.318 e. The second-order valence-electron chi connectivity index (χ2n) is 9.86. The summed E-state index contributed by atoms with van der Waals surface area (Å²) in [6, 6.07) is 9.48. The molecule has 5 aliphatic rings. The Labute approximate surface area is 197 Å². The summed E-state index contributed by atoms with van der Waals surface area (Å²) in [5.41, 5.74) is 3.07. The van der Waals surface area contributed by atoms with Crippen molar-refractivity contribution in [3.63, 3.8) is 0 Å². The van der Waals surface area contributed by atoms with Gasteiger partial charge >= 0.3 is 12.0 Å². The number of nitrogens with zero attached hydrogens (tertiary/aromatic N) is 2. The van der Waals surface area contributed by atoms with Crippen LogP contribution in [0.3, 0.4) is 0 Å². The monoisotopic (exact) mass is 461 g/mol. The summed E-state index contributed by atoms with van der Waals surface area (Å²) in [6.45, 7) is 6.63. The number of benzene rings is 1. The number of carbonyl (C=O) groups is 2. The van der Waals surface area contributed by atoms with E-state index in [1.54, 1.807) is 0 Å². The van der Waals surface area contributed by atoms with E-state index in [0.29, 0.717) is 18.6 Å². The lowest BCUT2D eigenvalue weighted by Crippen LogP contribution is -2.50. The molecule has 1 aromatic carbocycles. The van der Waals surface area contributed by atoms with Gasteiger partial charge in [0.15, 0.2) is 0 Å². The van der Waals surface area contributed by atoms with Crippen molar-refractivity contribution in [2.24, 2.45) is 5.92 Å². The van der Waals surface area contributed by atoms with Crippen molar-refractivity contribution in [2.75, 3.05) is 32.8 Å². The molecule has 7 heteroatoms. The molecule has 32 heavy (non-hydrogen) atoms. The van der Waals surface area contributed by atoms with Gasteiger partial charge in [-0.1, -0.05) is 24.3 Å². The third kappa shape index (κ3) is 4.24. The molecule has 4 saturated heterocycles. The molecular formula is C25H36ClN3O3. The second kappa shape index (κ2) is 9.60. The highest BCUT2D eigenvalue weighted by atomic mass is 35.5. The third-order valence-electron chi connectivity index (χ3n) is 8.35. The van der Waals surface area contributed by atoms with Gasteiger partial charge in [0, 0.05) is 12.6 Å². The van der Waals surface area contributed by atoms with Crippen molar-refractivity contribution >= 4 is 24.4 Å². The molecule has 2 amide bonds. The first-order valence-corrected chi connectivity index (χ1v) is 12.2. The minimum Gasteiger partial charge on any atom is -0.466 e. The summed E-state index contributed by atoms with van der Waals surface area (Å²) in [5.74, 6) is -0.0901. The molecule has 6 rings (SSSR count). The van der Waals surface area contributed by atoms with Gasteiger partial charge in [0.05, 0.1) is 18.6 Å². The van der Waals surface area contributed by atoms with Crippen LogP contribution in [0.2, 0.25) is 0 Å². The largest absolute Gasteiger partial charge is 0.466 e. The molecular weight excluding hydrogens is 426 g/mol. The summed E-state index contributed by atoms with van der Waals surface area (Å²) < 4.78 is 5.20. The van der Waals surface area contributed by atoms with Crippen LogP contribution in [-0.2, 0) is 14.9 Å². The van der Waals surface area contributed by atoms with E-state index in [-0.39, 0.29) is 42.4 Å². The molecule has 6 nitrogen and oxygen atoms in total. The minimum atomic E-state index is -0.0770. The fraction of sp³-hybridized carbons (Fsp3) is 0.680. The lowest BCUT2D eigenvalue weighted by molar-refractivity contribution is -0.149. The Bertz CT molecular complexity index is 800. The predicted molar refractivity (Wildman–Crippen MR) is 126 cm³/mol. The van der Waals surface area contributed by atoms with Crippen LogP contribution in [-0.4, -0.2) is 60.6 Å². The highest BCUT2D eigenvalue weighted by molar-refractivity contribution is 5.85. The van der Waals surface area contributed by atoms with Gasteiger partial charge in [0.1, 0.15) is 0 Å². The van der Waals surface area contributed by atoms with Gasteiger partial charge in [0.2, 0.25) is 0 Å². The van der Waals surface area contributed by atoms with Gasteiger partial charge in [-0.05, 0) is 88.0 Å². The van der Waals surface area contributed by atoms with Gasteiger partial charge in [-0.3, -0.25) is 4.79 Å². The Hall–Kier alpha value is -1.79. The molecule has 1 aromatic rings. The molecule has 0 radical (unpaired) electrons. The molecule has 2 bridgehead atoms. The van der Waals surface area contributed by atoms with Crippen LogP contribution >= 0.6 is 12.4 Å². The number of amides is 2. The Kier molecular flexibility index (Phi) is 7.01. The molecule has 1 atom stereocenters. The van der Waals surface area contributed by atoms with Crippen LogP contribution in [0, 0.1) is 5.92 Å². The standard InChI is InChI=1S/C25H35N3O3.ClH/c1-2-31-23(29)19-5-9-21(10-6-19)28-22(17-26-24(28)30)18-3-7-20(8-4-18)25-11-14-27(15-12-25)16-13-25;/h3-4,7-8,19,21-22H,2,5-6,9-17H2,1H3,(H,26,30);1H/t19-,21-,22?;. The minimum absolute atomic E-state index is 0. The van der Waals surface area contributed by atoms with E-state index in [1.165, 1.54) is 50.0 Å². The van der Waals surface area contributed by atoms with E-state index in [4.69, 9.17) is 4.74 Å². The fourth-order valence-corrected chi connectivity index (χ4v) is 6.38. The zero-order valence-corrected chi connectivity index (χ0v) is 19.9. The van der Waals surface area contributed by atoms with E-state index in [0.717, 1.165) is 25.7 Å². The number of rotatable bonds is 5. The van der Waals surface area contributed by atoms with E-state index in [2.05, 4.69) is 34.5 Å². The molecule has 0 aromatic heterocycles. The number of halogens is 1. The molecule has 0 spiro atoms. The SMILES string of the molecule is CCOC(=O)[C@H]1CC[C@H](N2C(=O)NCC2c2ccc(C34CCN(CC3)CC4)cc2)CC1.Cl. The van der Waals surface area contributed by atoms with Gasteiger partial charge in [-0.2, -0.15) is 0 Å². The quantitative estimate of drug-likeness (QED) is 0.672. The van der Waals surface area contributed by atoms with Crippen molar-refractivity contribution in [1.29, 1.82) is 0 Å². The van der Waals surface area contributed by atoms with Crippen LogP contribution in [0.15, 0.2) is 24.3 Å². The van der Waals surface area contributed by atoms with Gasteiger partial charge in [0.25, 0.3) is 0 Å². The van der Waals surface area contributed by atoms with Crippen LogP contribution in [0.4, 0.5) is 4.79 Å². The maximum absolute atomic E-state index is 12.7. The van der Waals surface area contributed by atoms with Crippen molar-refractivity contribution in [2.45, 2.75) is 69.4 Å². The number of hydrogen-bond donors (Lipinski definition) is 1. The Morgan fingerprint density at radius 2 is 1.69 bits per heavy atom. The number of urea groups is 1. The molecule has 4 aliphatic heterocycles. The molecule has 1 aliphatic carbocycles. The first-order chi connectivity index (χ1) is 15.1. The van der Waals surface area contributed by atoms with Crippen molar-refractivity contribution < 1.29 is 14.3 Å². The summed E-state index contributed by atoms with van der Waals surface area (Å²) in [6.07, 6.45) is 7.15. The van der Waals surface area contributed by atoms with Crippen molar-refractivity contribution in [1.82, 2.24) is 15.1 Å². The number of piperidine rings is 3. The predicted octanol–water partition coefficient (Wildman–Crippen LogP) is 4.03. The van der Waals surface area contributed by atoms with E-state index >= 15 is 0 Å². The van der Waals surface area contributed by atoms with Crippen LogP contribution in [0.5, 0.6) is 0 Å². The van der Waals surface area contributed by atoms with Gasteiger partial charge in [-0.25, -0.2) is 4.79 Å². The summed E-state index contributed by atoms with van der Waals surface area (Å²) in [5, 5.41) is 3.06. The average Bonchev–Trinajstić information content (AvgIpc) is 3.22. The number of nitrogens with one attached hydrogen (secondary N) is 1. The topological polar surface area (TPSA) is 61.9 Å². The van der Waals surface area contributed by atoms with E-state index in [9.17, 15) is 9.59 Å². The lowest BCUT2D eigenvalue weighted by Gasteiger charge is -2.49. The molecule has 1 unspecified atom stereocenters. The maximum atomic E-state index is 12.7. The number of hydrogen-bond acceptors (Lipinski definition) is 4. The third-order valence-corrected chi connectivity index (χ3v) is 8.35. The second-order valence-corrected chi connectivity index (χ2v) is 9.86. The van der Waals surface area contributed by atoms with Crippen molar-refractivity contribution in [3.05, 3.63) is 35.4 Å². The number of ether oxygens (including phenoxy) is 1. The smallest absolute Gasteiger partial charge is 0.318 e. The Balaban J connectivity index is 0.00000245. The summed E-state index contributed by atoms with van der Waals surface area (Å²) in [4.78, 5) is 29.4. The summed E-state index contributed by atoms with van der Waals surface area (Å²) in [7, 11) is 0. The molecule has 5 fully saturated rings. The Morgan fingerprint density at radius 1 is 1.06 bits per heavy atom. The van der Waals surface area contributed by atoms with Gasteiger partial charge < -0.3 is 19.9 Å². The molecule has 1 N–H and O–H groups in total. The fourth-order valence-electron chi connectivity index (χ4n) is 6.38. The van der Waals surface area contributed by atoms with Crippen molar-refractivity contribution in [3.8, 4) is 0 Å². The average molecular weight is 462 g/mol. The zero-order chi connectivity index (χ0) is 21.4. The summed E-state index contributed by atoms with van der Waals surface area (Å²) >= 11 is 0. The zero-order valence-electron chi connectivity index (χ0n) is 19.1. The van der Waals surface area contributed by atoms with E-state index < -0.39 is 0 Å². The van der Waals surface area contributed by atoms with Gasteiger partial charge in [-0.15, -0.1) is 12.4 Å². The highest BCUT2D eigenvalue weighted by Crippen LogP contribution is 2.43. The molecule has 176 valence electrons. The van der Waals surface area contributed by atoms with Crippen LogP contribution in [0.25, 0.3) is 0 Å². The lowest BCUT2D eigenvalue weighted by atomic mass is 9.67. The van der Waals surface area contributed by atoms with Crippen LogP contribution in [0.1, 0.15) is 69.0 Å². The number of carbonyl (C=O) groups excluding carboxylic acids is 2. The first kappa shape index (κ1) is 23.4. The number of esters is 1. The Morgan fingerprint density at radius 3 is 2.28 bits per heavy atom. The normalized spacial score (nSPS) is 34.0. The van der Waals surface area contributed by atoms with Crippen LogP contribution < -0.4 is 5.32 Å². The first-order valence-electron chi connectivity index (χ1n) is 12.2. The highest BCUT2D eigenvalue weighted by Gasteiger charge is 2.42. The van der Waals surface area contributed by atoms with E-state index in [1.807, 2.05) is 11.8 Å². The molecule has 1 saturated carbocycles.